The predicted octanol–water partition coefficient (Wildman–Crippen LogP) is 1.20. The lowest BCUT2D eigenvalue weighted by Crippen LogP contribution is -2.38. The zero-order valence-electron chi connectivity index (χ0n) is 8.11. The van der Waals surface area contributed by atoms with E-state index >= 15 is 0 Å². The number of aliphatic hydroxyl groups is 1. The molecular weight excluding hydrogens is 182 g/mol. The summed E-state index contributed by atoms with van der Waals surface area (Å²) in [5.41, 5.74) is 0. The molecule has 1 heterocycles. The summed E-state index contributed by atoms with van der Waals surface area (Å²) < 4.78 is 0. The minimum absolute atomic E-state index is 0.00502. The Morgan fingerprint density at radius 3 is 2.62 bits per heavy atom. The van der Waals surface area contributed by atoms with E-state index in [0.29, 0.717) is 5.92 Å². The van der Waals surface area contributed by atoms with E-state index in [1.807, 2.05) is 0 Å². The Balaban J connectivity index is 1.75. The Kier molecular flexibility index (Phi) is 3.52. The van der Waals surface area contributed by atoms with E-state index in [2.05, 4.69) is 16.7 Å². The Hall–Kier alpha value is 0.270. The lowest BCUT2D eigenvalue weighted by Gasteiger charge is -2.29. The second-order valence-corrected chi connectivity index (χ2v) is 5.40. The van der Waals surface area contributed by atoms with E-state index in [0.717, 1.165) is 13.0 Å². The molecule has 0 bridgehead atoms. The van der Waals surface area contributed by atoms with Gasteiger partial charge in [0.25, 0.3) is 0 Å². The van der Waals surface area contributed by atoms with Gasteiger partial charge in [0.2, 0.25) is 0 Å². The first-order chi connectivity index (χ1) is 6.36. The summed E-state index contributed by atoms with van der Waals surface area (Å²) in [7, 11) is 0. The first-order valence-electron chi connectivity index (χ1n) is 5.34. The van der Waals surface area contributed by atoms with Crippen molar-refractivity contribution in [3.05, 3.63) is 0 Å². The maximum Gasteiger partial charge on any atom is 0.0580 e. The fourth-order valence-corrected chi connectivity index (χ4v) is 3.32. The molecule has 3 heteroatoms. The van der Waals surface area contributed by atoms with Gasteiger partial charge in [0.1, 0.15) is 0 Å². The van der Waals surface area contributed by atoms with E-state index in [1.165, 1.54) is 37.4 Å². The molecule has 0 radical (unpaired) electrons. The van der Waals surface area contributed by atoms with Gasteiger partial charge in [-0.25, -0.2) is 0 Å². The van der Waals surface area contributed by atoms with Crippen LogP contribution in [0.1, 0.15) is 19.3 Å². The maximum absolute atomic E-state index is 9.69. The third-order valence-electron chi connectivity index (χ3n) is 3.22. The number of hydrogen-bond acceptors (Lipinski definition) is 3. The fourth-order valence-electron chi connectivity index (χ4n) is 2.35. The molecule has 1 saturated carbocycles. The molecule has 1 aliphatic carbocycles. The molecule has 0 amide bonds. The summed E-state index contributed by atoms with van der Waals surface area (Å²) >= 11 is 2.05. The van der Waals surface area contributed by atoms with Gasteiger partial charge in [0, 0.05) is 31.1 Å². The maximum atomic E-state index is 9.69. The van der Waals surface area contributed by atoms with Gasteiger partial charge in [-0.2, -0.15) is 11.8 Å². The average Bonchev–Trinajstić information content (AvgIpc) is 2.54. The molecule has 2 aliphatic rings. The smallest absolute Gasteiger partial charge is 0.0580 e. The van der Waals surface area contributed by atoms with Gasteiger partial charge in [-0.1, -0.05) is 6.42 Å². The molecular formula is C10H19NOS. The molecule has 1 N–H and O–H groups in total. The molecule has 76 valence electrons. The number of nitrogens with zero attached hydrogens (tertiary/aromatic N) is 1. The van der Waals surface area contributed by atoms with Crippen molar-refractivity contribution in [1.29, 1.82) is 0 Å². The molecule has 1 aliphatic heterocycles. The lowest BCUT2D eigenvalue weighted by molar-refractivity contribution is 0.105. The average molecular weight is 201 g/mol. The van der Waals surface area contributed by atoms with Crippen molar-refractivity contribution in [2.45, 2.75) is 25.4 Å². The van der Waals surface area contributed by atoms with Crippen LogP contribution >= 0.6 is 11.8 Å². The third-order valence-corrected chi connectivity index (χ3v) is 4.16. The van der Waals surface area contributed by atoms with Crippen LogP contribution in [0.15, 0.2) is 0 Å². The molecule has 1 saturated heterocycles. The van der Waals surface area contributed by atoms with Crippen LogP contribution in [-0.4, -0.2) is 47.3 Å². The number of rotatable bonds is 2. The molecule has 0 spiro atoms. The zero-order valence-corrected chi connectivity index (χ0v) is 8.93. The SMILES string of the molecule is OC1CCCC1CN1CCSCC1. The van der Waals surface area contributed by atoms with Crippen LogP contribution in [0.4, 0.5) is 0 Å². The van der Waals surface area contributed by atoms with Crippen LogP contribution in [0, 0.1) is 5.92 Å². The van der Waals surface area contributed by atoms with Gasteiger partial charge in [0.05, 0.1) is 6.10 Å². The van der Waals surface area contributed by atoms with Gasteiger partial charge < -0.3 is 10.0 Å². The number of hydrogen-bond donors (Lipinski definition) is 1. The summed E-state index contributed by atoms with van der Waals surface area (Å²) in [6.07, 6.45) is 3.50. The summed E-state index contributed by atoms with van der Waals surface area (Å²) in [6, 6.07) is 0. The molecule has 2 nitrogen and oxygen atoms in total. The normalized spacial score (nSPS) is 36.7. The number of thioether (sulfide) groups is 1. The Labute approximate surface area is 84.7 Å². The molecule has 0 aromatic carbocycles. The van der Waals surface area contributed by atoms with Gasteiger partial charge in [-0.05, 0) is 18.8 Å². The topological polar surface area (TPSA) is 23.5 Å². The molecule has 0 aromatic heterocycles. The minimum atomic E-state index is -0.00502. The van der Waals surface area contributed by atoms with Gasteiger partial charge in [-0.3, -0.25) is 0 Å². The molecule has 2 unspecified atom stereocenters. The van der Waals surface area contributed by atoms with Crippen molar-refractivity contribution in [3.63, 3.8) is 0 Å². The van der Waals surface area contributed by atoms with Crippen LogP contribution in [0.2, 0.25) is 0 Å². The summed E-state index contributed by atoms with van der Waals surface area (Å²) in [5, 5.41) is 9.69. The molecule has 2 fully saturated rings. The van der Waals surface area contributed by atoms with Gasteiger partial charge in [0.15, 0.2) is 0 Å². The van der Waals surface area contributed by atoms with Crippen molar-refractivity contribution in [3.8, 4) is 0 Å². The van der Waals surface area contributed by atoms with Crippen LogP contribution in [-0.2, 0) is 0 Å². The standard InChI is InChI=1S/C10H19NOS/c12-10-3-1-2-9(10)8-11-4-6-13-7-5-11/h9-10,12H,1-8H2. The molecule has 2 atom stereocenters. The van der Waals surface area contributed by atoms with Crippen molar-refractivity contribution in [1.82, 2.24) is 4.90 Å². The predicted molar refractivity (Wildman–Crippen MR) is 57.1 cm³/mol. The second kappa shape index (κ2) is 4.67. The first kappa shape index (κ1) is 9.81. The van der Waals surface area contributed by atoms with Crippen molar-refractivity contribution >= 4 is 11.8 Å². The third kappa shape index (κ3) is 2.61. The van der Waals surface area contributed by atoms with E-state index in [9.17, 15) is 5.11 Å². The van der Waals surface area contributed by atoms with E-state index in [4.69, 9.17) is 0 Å². The van der Waals surface area contributed by atoms with Crippen LogP contribution in [0.3, 0.4) is 0 Å². The highest BCUT2D eigenvalue weighted by Crippen LogP contribution is 2.26. The molecule has 13 heavy (non-hydrogen) atoms. The first-order valence-corrected chi connectivity index (χ1v) is 6.50. The summed E-state index contributed by atoms with van der Waals surface area (Å²) in [4.78, 5) is 2.52. The summed E-state index contributed by atoms with van der Waals surface area (Å²) in [6.45, 7) is 3.60. The molecule has 2 rings (SSSR count). The van der Waals surface area contributed by atoms with Crippen molar-refractivity contribution in [2.75, 3.05) is 31.1 Å². The van der Waals surface area contributed by atoms with Crippen molar-refractivity contribution < 1.29 is 5.11 Å². The minimum Gasteiger partial charge on any atom is -0.393 e. The highest BCUT2D eigenvalue weighted by molar-refractivity contribution is 7.99. The monoisotopic (exact) mass is 201 g/mol. The Morgan fingerprint density at radius 1 is 1.23 bits per heavy atom. The van der Waals surface area contributed by atoms with E-state index < -0.39 is 0 Å². The van der Waals surface area contributed by atoms with Gasteiger partial charge in [-0.15, -0.1) is 0 Å². The Morgan fingerprint density at radius 2 is 2.00 bits per heavy atom. The fraction of sp³-hybridized carbons (Fsp3) is 1.00. The highest BCUT2D eigenvalue weighted by Gasteiger charge is 2.27. The van der Waals surface area contributed by atoms with Crippen molar-refractivity contribution in [2.24, 2.45) is 5.92 Å². The number of aliphatic hydroxyl groups excluding tert-OH is 1. The second-order valence-electron chi connectivity index (χ2n) is 4.17. The van der Waals surface area contributed by atoms with Crippen LogP contribution in [0.5, 0.6) is 0 Å². The van der Waals surface area contributed by atoms with Crippen LogP contribution < -0.4 is 0 Å². The van der Waals surface area contributed by atoms with Crippen LogP contribution in [0.25, 0.3) is 0 Å². The van der Waals surface area contributed by atoms with Gasteiger partial charge >= 0.3 is 0 Å². The largest absolute Gasteiger partial charge is 0.393 e. The highest BCUT2D eigenvalue weighted by atomic mass is 32.2. The zero-order chi connectivity index (χ0) is 9.10. The quantitative estimate of drug-likeness (QED) is 0.726. The Bertz CT molecular complexity index is 159. The van der Waals surface area contributed by atoms with E-state index in [1.54, 1.807) is 0 Å². The summed E-state index contributed by atoms with van der Waals surface area (Å²) in [5.74, 6) is 3.13. The molecule has 0 aromatic rings. The van der Waals surface area contributed by atoms with E-state index in [-0.39, 0.29) is 6.10 Å². The lowest BCUT2D eigenvalue weighted by atomic mass is 10.1.